The highest BCUT2D eigenvalue weighted by Crippen LogP contribution is 2.22. The van der Waals surface area contributed by atoms with Crippen LogP contribution in [-0.4, -0.2) is 94.4 Å². The molecule has 2 saturated heterocycles. The molecule has 0 spiro atoms. The van der Waals surface area contributed by atoms with Gasteiger partial charge in [0.05, 0.1) is 13.1 Å². The van der Waals surface area contributed by atoms with E-state index in [4.69, 9.17) is 16.2 Å². The van der Waals surface area contributed by atoms with Crippen molar-refractivity contribution in [2.24, 2.45) is 5.73 Å². The van der Waals surface area contributed by atoms with E-state index in [1.54, 1.807) is 17.0 Å². The van der Waals surface area contributed by atoms with Crippen molar-refractivity contribution >= 4 is 35.8 Å². The van der Waals surface area contributed by atoms with Gasteiger partial charge in [-0.15, -0.1) is 12.4 Å². The van der Waals surface area contributed by atoms with Gasteiger partial charge in [-0.1, -0.05) is 0 Å². The number of piperidine rings is 1. The maximum atomic E-state index is 12.6. The van der Waals surface area contributed by atoms with E-state index in [9.17, 15) is 9.59 Å². The second-order valence-electron chi connectivity index (χ2n) is 6.88. The van der Waals surface area contributed by atoms with Gasteiger partial charge in [-0.3, -0.25) is 24.8 Å². The Hall–Kier alpha value is -2.28. The number of nitrogens with one attached hydrogen (secondary N) is 1. The van der Waals surface area contributed by atoms with E-state index in [0.717, 1.165) is 38.2 Å². The lowest BCUT2D eigenvalue weighted by molar-refractivity contribution is -0.138. The molecule has 0 unspecified atom stereocenters. The Morgan fingerprint density at radius 3 is 2.10 bits per heavy atom. The molecule has 0 aromatic heterocycles. The third kappa shape index (κ3) is 7.20. The van der Waals surface area contributed by atoms with Gasteiger partial charge in [0.2, 0.25) is 5.91 Å². The molecule has 3 rings (SSSR count). The van der Waals surface area contributed by atoms with E-state index in [-0.39, 0.29) is 47.1 Å². The number of hydrogen-bond donors (Lipinski definition) is 3. The van der Waals surface area contributed by atoms with Gasteiger partial charge in [0.1, 0.15) is 5.84 Å². The summed E-state index contributed by atoms with van der Waals surface area (Å²) in [7, 11) is 0. The average Bonchev–Trinajstić information content (AvgIpc) is 2.62. The van der Waals surface area contributed by atoms with Gasteiger partial charge < -0.3 is 32.2 Å². The molecule has 10 N–H and O–H groups in total. The quantitative estimate of drug-likeness (QED) is 0.345. The lowest BCUT2D eigenvalue weighted by Crippen LogP contribution is -2.56. The van der Waals surface area contributed by atoms with E-state index >= 15 is 0 Å². The predicted molar refractivity (Wildman–Crippen MR) is 117 cm³/mol. The van der Waals surface area contributed by atoms with Crippen LogP contribution in [0.1, 0.15) is 18.4 Å². The van der Waals surface area contributed by atoms with Gasteiger partial charge in [-0.2, -0.15) is 0 Å². The number of piperazine rings is 1. The summed E-state index contributed by atoms with van der Waals surface area (Å²) in [5, 5.41) is 16.3. The zero-order valence-corrected chi connectivity index (χ0v) is 17.5. The molecule has 11 nitrogen and oxygen atoms in total. The van der Waals surface area contributed by atoms with E-state index in [1.165, 1.54) is 0 Å². The highest BCUT2D eigenvalue weighted by atomic mass is 35.5. The van der Waals surface area contributed by atoms with Crippen LogP contribution in [0.15, 0.2) is 24.3 Å². The summed E-state index contributed by atoms with van der Waals surface area (Å²) in [6.45, 7) is 3.45. The van der Waals surface area contributed by atoms with E-state index in [1.807, 2.05) is 17.0 Å². The van der Waals surface area contributed by atoms with E-state index in [0.29, 0.717) is 24.7 Å². The Morgan fingerprint density at radius 2 is 1.63 bits per heavy atom. The normalized spacial score (nSPS) is 17.6. The minimum absolute atomic E-state index is 0. The minimum atomic E-state index is -0.789. The number of hydrogen-bond acceptors (Lipinski definition) is 5. The number of nitrogen functional groups attached to an aromatic ring is 1. The molecule has 0 bridgehead atoms. The Morgan fingerprint density at radius 1 is 1.07 bits per heavy atom. The number of carbonyl (C=O) groups excluding carboxylic acids is 1. The summed E-state index contributed by atoms with van der Waals surface area (Å²) >= 11 is 0. The number of halogens is 1. The van der Waals surface area contributed by atoms with Crippen LogP contribution in [0.4, 0.5) is 5.69 Å². The van der Waals surface area contributed by atoms with E-state index in [2.05, 4.69) is 4.90 Å². The average molecular weight is 450 g/mol. The van der Waals surface area contributed by atoms with Crippen LogP contribution >= 0.6 is 12.4 Å². The van der Waals surface area contributed by atoms with Crippen molar-refractivity contribution in [3.8, 4) is 0 Å². The molecule has 2 aliphatic rings. The first kappa shape index (κ1) is 29.9. The van der Waals surface area contributed by atoms with Crippen molar-refractivity contribution in [2.75, 3.05) is 44.2 Å². The number of carboxylic acids is 1. The Kier molecular flexibility index (Phi) is 13.1. The molecule has 2 aliphatic heterocycles. The lowest BCUT2D eigenvalue weighted by Gasteiger charge is -2.42. The molecule has 1 aromatic carbocycles. The molecule has 0 saturated carbocycles. The number of nitrogens with two attached hydrogens (primary N) is 1. The highest BCUT2D eigenvalue weighted by Gasteiger charge is 2.31. The zero-order chi connectivity index (χ0) is 18.7. The summed E-state index contributed by atoms with van der Waals surface area (Å²) < 4.78 is 0. The summed E-state index contributed by atoms with van der Waals surface area (Å²) in [5.41, 5.74) is 6.94. The number of carboxylic acid groups (broad SMARTS) is 1. The summed E-state index contributed by atoms with van der Waals surface area (Å²) in [6.07, 6.45) is 1.79. The third-order valence-electron chi connectivity index (χ3n) is 5.17. The standard InChI is InChI=1S/C18H25N5O3.ClH.3H2O/c19-18(20)13-1-3-15(4-2-13)23-10-9-22(11-16(23)24)14-5-7-21(8-6-14)12-17(25)26;;;;/h1-4,14H,5-12H2,(H3,19,20)(H,25,26);1H;3*1H2. The second kappa shape index (κ2) is 13.1. The van der Waals surface area contributed by atoms with Gasteiger partial charge >= 0.3 is 5.97 Å². The lowest BCUT2D eigenvalue weighted by atomic mass is 10.0. The number of carbonyl (C=O) groups is 2. The Labute approximate surface area is 181 Å². The van der Waals surface area contributed by atoms with Crippen LogP contribution < -0.4 is 10.6 Å². The van der Waals surface area contributed by atoms with Gasteiger partial charge in [-0.05, 0) is 37.1 Å². The molecule has 0 radical (unpaired) electrons. The van der Waals surface area contributed by atoms with Crippen LogP contribution in [0.3, 0.4) is 0 Å². The molecule has 0 aliphatic carbocycles. The Bertz CT molecular complexity index is 697. The molecule has 30 heavy (non-hydrogen) atoms. The summed E-state index contributed by atoms with van der Waals surface area (Å²) in [4.78, 5) is 29.4. The fraction of sp³-hybridized carbons (Fsp3) is 0.500. The van der Waals surface area contributed by atoms with Crippen molar-refractivity contribution in [1.29, 1.82) is 5.41 Å². The molecular weight excluding hydrogens is 418 g/mol. The predicted octanol–water partition coefficient (Wildman–Crippen LogP) is -1.88. The van der Waals surface area contributed by atoms with E-state index < -0.39 is 5.97 Å². The zero-order valence-electron chi connectivity index (χ0n) is 16.6. The van der Waals surface area contributed by atoms with Crippen LogP contribution in [0.2, 0.25) is 0 Å². The first-order chi connectivity index (χ1) is 12.4. The molecule has 1 amide bonds. The molecule has 12 heteroatoms. The van der Waals surface area contributed by atoms with Crippen LogP contribution in [0.5, 0.6) is 0 Å². The first-order valence-corrected chi connectivity index (χ1v) is 8.87. The largest absolute Gasteiger partial charge is 0.480 e. The van der Waals surface area contributed by atoms with Crippen LogP contribution in [-0.2, 0) is 9.59 Å². The first-order valence-electron chi connectivity index (χ1n) is 8.87. The van der Waals surface area contributed by atoms with Crippen molar-refractivity contribution in [3.63, 3.8) is 0 Å². The topological polar surface area (TPSA) is 208 Å². The highest BCUT2D eigenvalue weighted by molar-refractivity contribution is 5.98. The van der Waals surface area contributed by atoms with Gasteiger partial charge in [0.15, 0.2) is 0 Å². The molecule has 2 fully saturated rings. The number of rotatable bonds is 5. The molecule has 1 aromatic rings. The summed E-state index contributed by atoms with van der Waals surface area (Å²) in [5.74, 6) is -0.704. The molecule has 2 heterocycles. The van der Waals surface area contributed by atoms with Crippen molar-refractivity contribution in [1.82, 2.24) is 9.80 Å². The van der Waals surface area contributed by atoms with Gasteiger partial charge in [0.25, 0.3) is 0 Å². The number of likely N-dealkylation sites (tertiary alicyclic amines) is 1. The number of aliphatic carboxylic acids is 1. The number of benzene rings is 1. The van der Waals surface area contributed by atoms with Crippen molar-refractivity contribution in [3.05, 3.63) is 29.8 Å². The molecule has 0 atom stereocenters. The minimum Gasteiger partial charge on any atom is -0.480 e. The number of amidine groups is 1. The van der Waals surface area contributed by atoms with Gasteiger partial charge in [-0.25, -0.2) is 0 Å². The Balaban J connectivity index is 0. The number of anilines is 1. The fourth-order valence-electron chi connectivity index (χ4n) is 3.73. The molecular formula is C18H32ClN5O6. The maximum absolute atomic E-state index is 12.6. The van der Waals surface area contributed by atoms with Crippen molar-refractivity contribution in [2.45, 2.75) is 18.9 Å². The second-order valence-corrected chi connectivity index (χ2v) is 6.88. The van der Waals surface area contributed by atoms with Crippen LogP contribution in [0.25, 0.3) is 0 Å². The third-order valence-corrected chi connectivity index (χ3v) is 5.17. The van der Waals surface area contributed by atoms with Gasteiger partial charge in [0, 0.05) is 43.5 Å². The number of amides is 1. The van der Waals surface area contributed by atoms with Crippen LogP contribution in [0, 0.1) is 5.41 Å². The fourth-order valence-corrected chi connectivity index (χ4v) is 3.73. The SMILES string of the molecule is Cl.N=C(N)c1ccc(N2CCN(C3CCN(CC(=O)O)CC3)CC2=O)cc1.O.O.O. The van der Waals surface area contributed by atoms with Crippen molar-refractivity contribution < 1.29 is 31.1 Å². The maximum Gasteiger partial charge on any atom is 0.317 e. The number of nitrogens with zero attached hydrogens (tertiary/aromatic N) is 3. The smallest absolute Gasteiger partial charge is 0.317 e. The monoisotopic (exact) mass is 449 g/mol. The summed E-state index contributed by atoms with van der Waals surface area (Å²) in [6, 6.07) is 7.51. The molecule has 172 valence electrons.